The van der Waals surface area contributed by atoms with Gasteiger partial charge < -0.3 is 25.4 Å². The largest absolute Gasteiger partial charge is 0.481 e. The van der Waals surface area contributed by atoms with Crippen LogP contribution in [-0.2, 0) is 10.9 Å². The van der Waals surface area contributed by atoms with Crippen LogP contribution >= 0.6 is 0 Å². The third kappa shape index (κ3) is 14.9. The number of aliphatic hydroxyl groups excluding tert-OH is 1. The lowest BCUT2D eigenvalue weighted by Crippen LogP contribution is -2.36. The number of aliphatic hydroxyl groups is 1. The molecule has 0 amide bonds. The van der Waals surface area contributed by atoms with Crippen molar-refractivity contribution in [2.75, 3.05) is 39.6 Å². The van der Waals surface area contributed by atoms with E-state index in [1.165, 1.54) is 52.5 Å². The van der Waals surface area contributed by atoms with E-state index in [-0.39, 0.29) is 41.2 Å². The van der Waals surface area contributed by atoms with Crippen molar-refractivity contribution >= 4 is 17.1 Å². The number of hydrogen-bond donors (Lipinski definition) is 2. The Hall–Kier alpha value is -3.44. The lowest BCUT2D eigenvalue weighted by atomic mass is 9.90. The maximum atomic E-state index is 16.4. The number of allylic oxidation sites excluding steroid dienone is 8. The number of methoxy groups -OCH3 is 1. The van der Waals surface area contributed by atoms with Crippen molar-refractivity contribution in [2.45, 2.75) is 132 Å². The molecule has 3 heterocycles. The highest BCUT2D eigenvalue weighted by Gasteiger charge is 2.39. The van der Waals surface area contributed by atoms with E-state index in [1.54, 1.807) is 25.2 Å². The van der Waals surface area contributed by atoms with Gasteiger partial charge in [0.15, 0.2) is 5.83 Å². The van der Waals surface area contributed by atoms with Crippen molar-refractivity contribution in [3.05, 3.63) is 76.8 Å². The Morgan fingerprint density at radius 3 is 2.33 bits per heavy atom. The minimum atomic E-state index is -4.76. The third-order valence-electron chi connectivity index (χ3n) is 10.3. The van der Waals surface area contributed by atoms with Crippen LogP contribution in [0.15, 0.2) is 64.9 Å². The van der Waals surface area contributed by atoms with Gasteiger partial charge in [-0.05, 0) is 114 Å². The summed E-state index contributed by atoms with van der Waals surface area (Å²) >= 11 is 0. The van der Waals surface area contributed by atoms with E-state index in [1.807, 2.05) is 27.8 Å². The number of nitrogens with zero attached hydrogens (tertiary/aromatic N) is 4. The van der Waals surface area contributed by atoms with Gasteiger partial charge in [-0.15, -0.1) is 6.58 Å². The highest BCUT2D eigenvalue weighted by molar-refractivity contribution is 6.20. The average molecular weight is 778 g/mol. The predicted octanol–water partition coefficient (Wildman–Crippen LogP) is 11.3. The summed E-state index contributed by atoms with van der Waals surface area (Å²) in [5.41, 5.74) is 4.87. The normalized spacial score (nSPS) is 21.1. The molecule has 55 heavy (non-hydrogen) atoms. The van der Waals surface area contributed by atoms with Crippen LogP contribution < -0.4 is 5.73 Å². The third-order valence-corrected chi connectivity index (χ3v) is 10.3. The van der Waals surface area contributed by atoms with Gasteiger partial charge in [0.1, 0.15) is 11.5 Å². The van der Waals surface area contributed by atoms with Crippen molar-refractivity contribution in [3.63, 3.8) is 0 Å². The molecule has 312 valence electrons. The Balaban J connectivity index is 0.000000833. The number of halogens is 4. The van der Waals surface area contributed by atoms with Gasteiger partial charge in [0.05, 0.1) is 18.4 Å². The molecule has 0 spiro atoms. The van der Waals surface area contributed by atoms with E-state index in [4.69, 9.17) is 15.6 Å². The number of nitrogens with two attached hydrogens (primary N) is 1. The first-order valence-corrected chi connectivity index (χ1v) is 20.0. The SMILES string of the molecule is C=CC.CC/C=C(/N=C1/C(F)=C(c2nc(N)cc(C)c2C(F)(F)F)C=C/C1=C(/C)N(C)C(CCC(C)CC)C(C)C)OC.CCO.C[C@@H]1CC2CCCN2C1. The van der Waals surface area contributed by atoms with E-state index in [2.05, 4.69) is 61.0 Å². The summed E-state index contributed by atoms with van der Waals surface area (Å²) in [6.07, 6.45) is 9.68. The zero-order valence-electron chi connectivity index (χ0n) is 35.8. The number of aliphatic imine (C=N–C) groups is 1. The first kappa shape index (κ1) is 49.6. The Morgan fingerprint density at radius 2 is 1.82 bits per heavy atom. The molecule has 1 aromatic rings. The molecule has 3 unspecified atom stereocenters. The molecule has 2 saturated heterocycles. The van der Waals surface area contributed by atoms with Crippen LogP contribution in [0.4, 0.5) is 23.4 Å². The first-order chi connectivity index (χ1) is 25.9. The summed E-state index contributed by atoms with van der Waals surface area (Å²) < 4.78 is 64.0. The van der Waals surface area contributed by atoms with Crippen LogP contribution in [0.1, 0.15) is 124 Å². The quantitative estimate of drug-likeness (QED) is 0.132. The van der Waals surface area contributed by atoms with Crippen molar-refractivity contribution < 1.29 is 27.4 Å². The Morgan fingerprint density at radius 1 is 1.20 bits per heavy atom. The monoisotopic (exact) mass is 778 g/mol. The molecule has 0 radical (unpaired) electrons. The number of rotatable bonds is 11. The van der Waals surface area contributed by atoms with Gasteiger partial charge >= 0.3 is 6.18 Å². The maximum Gasteiger partial charge on any atom is 0.418 e. The molecular formula is C44H71F4N5O2. The molecule has 0 aromatic carbocycles. The topological polar surface area (TPSA) is 87.2 Å². The molecular weight excluding hydrogens is 707 g/mol. The van der Waals surface area contributed by atoms with Crippen molar-refractivity contribution in [2.24, 2.45) is 22.7 Å². The van der Waals surface area contributed by atoms with E-state index < -0.39 is 23.3 Å². The summed E-state index contributed by atoms with van der Waals surface area (Å²) in [7, 11) is 3.39. The molecule has 2 fully saturated rings. The van der Waals surface area contributed by atoms with Crippen molar-refractivity contribution in [1.82, 2.24) is 14.8 Å². The Labute approximate surface area is 330 Å². The van der Waals surface area contributed by atoms with E-state index in [9.17, 15) is 13.2 Å². The number of aromatic nitrogens is 1. The van der Waals surface area contributed by atoms with Crippen LogP contribution in [0, 0.1) is 24.7 Å². The average Bonchev–Trinajstić information content (AvgIpc) is 3.69. The zero-order chi connectivity index (χ0) is 42.0. The first-order valence-electron chi connectivity index (χ1n) is 20.0. The minimum absolute atomic E-state index is 0.108. The van der Waals surface area contributed by atoms with Gasteiger partial charge in [0.25, 0.3) is 0 Å². The minimum Gasteiger partial charge on any atom is -0.481 e. The molecule has 1 aliphatic carbocycles. The lowest BCUT2D eigenvalue weighted by Gasteiger charge is -2.36. The number of alkyl halides is 3. The summed E-state index contributed by atoms with van der Waals surface area (Å²) in [6.45, 7) is 26.1. The number of hydrogen-bond acceptors (Lipinski definition) is 7. The van der Waals surface area contributed by atoms with E-state index in [0.29, 0.717) is 23.8 Å². The van der Waals surface area contributed by atoms with Gasteiger partial charge in [-0.25, -0.2) is 14.4 Å². The Bertz CT molecular complexity index is 1500. The molecule has 4 rings (SSSR count). The number of nitrogen functional groups attached to an aromatic ring is 1. The smallest absolute Gasteiger partial charge is 0.418 e. The molecule has 7 nitrogen and oxygen atoms in total. The maximum absolute atomic E-state index is 16.4. The van der Waals surface area contributed by atoms with Crippen LogP contribution in [0.25, 0.3) is 5.57 Å². The summed E-state index contributed by atoms with van der Waals surface area (Å²) in [5.74, 6) is 0.993. The summed E-state index contributed by atoms with van der Waals surface area (Å²) in [6, 6.07) is 2.29. The van der Waals surface area contributed by atoms with E-state index in [0.717, 1.165) is 43.0 Å². The molecule has 3 aliphatic rings. The number of aryl methyl sites for hydroxylation is 1. The standard InChI is InChI=1S/C31H44F4N4O.C8H15N.C3H6.C2H6O/c1-10-12-26(40-9)38-30-22(21(7)39(8)24(18(3)4)16-13-19(5)11-2)14-15-23(28(30)32)29-27(31(33,34)35)20(6)17-25(36)37-29;1-7-5-8-3-2-4-9(8)6-7;1-3-2;1-2-3/h12,14-15,17-19,24H,10-11,13,16H2,1-9H3,(H2,36,37);7-8H,2-6H2,1H3;3H,1H2,2H3;3H,2H2,1H3/b22-21+,26-12-,38-30+;;;/t;7-,8?;;/m.1../s1. The summed E-state index contributed by atoms with van der Waals surface area (Å²) in [5, 5.41) is 7.57. The number of pyridine rings is 1. The van der Waals surface area contributed by atoms with Gasteiger partial charge in [-0.3, -0.25) is 0 Å². The van der Waals surface area contributed by atoms with Crippen LogP contribution in [0.2, 0.25) is 0 Å². The molecule has 4 atom stereocenters. The summed E-state index contributed by atoms with van der Waals surface area (Å²) in [4.78, 5) is 13.2. The second-order valence-corrected chi connectivity index (χ2v) is 15.1. The van der Waals surface area contributed by atoms with E-state index >= 15 is 4.39 Å². The highest BCUT2D eigenvalue weighted by Crippen LogP contribution is 2.41. The fourth-order valence-electron chi connectivity index (χ4n) is 7.27. The predicted molar refractivity (Wildman–Crippen MR) is 223 cm³/mol. The molecule has 1 aromatic heterocycles. The fourth-order valence-corrected chi connectivity index (χ4v) is 7.27. The van der Waals surface area contributed by atoms with Gasteiger partial charge in [0.2, 0.25) is 5.88 Å². The Kier molecular flexibility index (Phi) is 21.9. The molecule has 11 heteroatoms. The van der Waals surface area contributed by atoms with Crippen LogP contribution in [-0.4, -0.2) is 71.5 Å². The van der Waals surface area contributed by atoms with Crippen LogP contribution in [0.3, 0.4) is 0 Å². The zero-order valence-corrected chi connectivity index (χ0v) is 35.8. The van der Waals surface area contributed by atoms with Gasteiger partial charge in [-0.2, -0.15) is 13.2 Å². The van der Waals surface area contributed by atoms with Crippen molar-refractivity contribution in [3.8, 4) is 0 Å². The molecule has 2 aliphatic heterocycles. The second kappa shape index (κ2) is 24.3. The van der Waals surface area contributed by atoms with Crippen molar-refractivity contribution in [1.29, 1.82) is 0 Å². The number of anilines is 1. The molecule has 0 bridgehead atoms. The molecule has 0 saturated carbocycles. The van der Waals surface area contributed by atoms with Crippen LogP contribution in [0.5, 0.6) is 0 Å². The number of ether oxygens (including phenoxy) is 1. The lowest BCUT2D eigenvalue weighted by molar-refractivity contribution is -0.138. The molecule has 3 N–H and O–H groups in total. The van der Waals surface area contributed by atoms with Gasteiger partial charge in [-0.1, -0.05) is 60.1 Å². The van der Waals surface area contributed by atoms with Gasteiger partial charge in [0, 0.05) is 49.1 Å². The second-order valence-electron chi connectivity index (χ2n) is 15.1. The number of fused-ring (bicyclic) bond motifs is 1. The fraction of sp³-hybridized carbons (Fsp3) is 0.636. The highest BCUT2D eigenvalue weighted by atomic mass is 19.4.